The van der Waals surface area contributed by atoms with Crippen LogP contribution in [0.2, 0.25) is 0 Å². The summed E-state index contributed by atoms with van der Waals surface area (Å²) in [5.74, 6) is 3.13. The monoisotopic (exact) mass is 280 g/mol. The van der Waals surface area contributed by atoms with Crippen molar-refractivity contribution in [2.45, 2.75) is 44.6 Å². The molecule has 0 spiro atoms. The first-order valence-electron chi connectivity index (χ1n) is 8.50. The molecule has 4 saturated carbocycles. The maximum Gasteiger partial charge on any atom is 0.0589 e. The van der Waals surface area contributed by atoms with Gasteiger partial charge in [-0.15, -0.1) is 0 Å². The minimum Gasteiger partial charge on any atom is -0.383 e. The van der Waals surface area contributed by atoms with Gasteiger partial charge in [0.1, 0.15) is 0 Å². The van der Waals surface area contributed by atoms with Gasteiger partial charge in [-0.05, 0) is 75.8 Å². The number of hydrogen-bond acceptors (Lipinski definition) is 3. The fourth-order valence-corrected chi connectivity index (χ4v) is 5.85. The van der Waals surface area contributed by atoms with Crippen molar-refractivity contribution >= 4 is 0 Å². The Balaban J connectivity index is 1.66. The molecule has 4 rings (SSSR count). The van der Waals surface area contributed by atoms with Crippen LogP contribution >= 0.6 is 0 Å². The molecule has 4 aliphatic rings. The van der Waals surface area contributed by atoms with Crippen molar-refractivity contribution in [1.29, 1.82) is 0 Å². The summed E-state index contributed by atoms with van der Waals surface area (Å²) in [5, 5.41) is 3.68. The predicted molar refractivity (Wildman–Crippen MR) is 82.8 cm³/mol. The van der Waals surface area contributed by atoms with E-state index in [4.69, 9.17) is 4.74 Å². The third-order valence-electron chi connectivity index (χ3n) is 6.34. The summed E-state index contributed by atoms with van der Waals surface area (Å²) in [6.45, 7) is 3.06. The van der Waals surface area contributed by atoms with E-state index in [1.165, 1.54) is 45.1 Å². The molecule has 3 heteroatoms. The van der Waals surface area contributed by atoms with E-state index in [9.17, 15) is 0 Å². The normalized spacial score (nSPS) is 40.5. The summed E-state index contributed by atoms with van der Waals surface area (Å²) in [5.41, 5.74) is 0.602. The van der Waals surface area contributed by atoms with Crippen molar-refractivity contribution in [3.63, 3.8) is 0 Å². The molecule has 0 heterocycles. The molecule has 4 aliphatic carbocycles. The van der Waals surface area contributed by atoms with Crippen LogP contribution in [-0.4, -0.2) is 51.8 Å². The largest absolute Gasteiger partial charge is 0.383 e. The molecule has 1 N–H and O–H groups in total. The van der Waals surface area contributed by atoms with E-state index in [2.05, 4.69) is 24.3 Å². The van der Waals surface area contributed by atoms with Crippen molar-refractivity contribution in [2.24, 2.45) is 23.2 Å². The van der Waals surface area contributed by atoms with E-state index in [1.54, 1.807) is 7.11 Å². The zero-order valence-corrected chi connectivity index (χ0v) is 13.5. The van der Waals surface area contributed by atoms with Crippen LogP contribution in [0, 0.1) is 23.2 Å². The number of ether oxygens (including phenoxy) is 1. The van der Waals surface area contributed by atoms with Crippen LogP contribution in [0.4, 0.5) is 0 Å². The van der Waals surface area contributed by atoms with E-state index in [0.717, 1.165) is 30.9 Å². The maximum absolute atomic E-state index is 5.21. The van der Waals surface area contributed by atoms with E-state index >= 15 is 0 Å². The summed E-state index contributed by atoms with van der Waals surface area (Å²) in [4.78, 5) is 2.45. The number of nitrogens with zero attached hydrogens (tertiary/aromatic N) is 1. The number of likely N-dealkylation sites (N-methyl/N-ethyl adjacent to an activating group) is 2. The molecule has 0 radical (unpaired) electrons. The topological polar surface area (TPSA) is 24.5 Å². The number of nitrogens with one attached hydrogen (secondary N) is 1. The van der Waals surface area contributed by atoms with E-state index in [1.807, 2.05) is 0 Å². The Hall–Kier alpha value is -0.120. The molecule has 0 aromatic heterocycles. The zero-order valence-electron chi connectivity index (χ0n) is 13.5. The van der Waals surface area contributed by atoms with Crippen LogP contribution in [0.25, 0.3) is 0 Å². The van der Waals surface area contributed by atoms with Crippen LogP contribution in [0.5, 0.6) is 0 Å². The van der Waals surface area contributed by atoms with Crippen molar-refractivity contribution < 1.29 is 4.74 Å². The van der Waals surface area contributed by atoms with Gasteiger partial charge >= 0.3 is 0 Å². The standard InChI is InChI=1S/C17H32N2O/c1-18-16(12-19(2)4-5-20-3)17-9-13-6-14(10-17)8-15(7-13)11-17/h13-16,18H,4-12H2,1-3H3. The Morgan fingerprint density at radius 3 is 2.15 bits per heavy atom. The predicted octanol–water partition coefficient (Wildman–Crippen LogP) is 2.37. The average Bonchev–Trinajstić information content (AvgIpc) is 2.40. The lowest BCUT2D eigenvalue weighted by Gasteiger charge is -2.59. The quantitative estimate of drug-likeness (QED) is 0.775. The molecule has 3 nitrogen and oxygen atoms in total. The first kappa shape index (κ1) is 14.8. The molecule has 0 amide bonds. The Bertz CT molecular complexity index is 296. The summed E-state index contributed by atoms with van der Waals surface area (Å²) < 4.78 is 5.21. The maximum atomic E-state index is 5.21. The molecule has 1 unspecified atom stereocenters. The molecule has 0 saturated heterocycles. The van der Waals surface area contributed by atoms with Crippen LogP contribution in [0.1, 0.15) is 38.5 Å². The molecule has 20 heavy (non-hydrogen) atoms. The third kappa shape index (κ3) is 2.77. The fraction of sp³-hybridized carbons (Fsp3) is 1.00. The molecular formula is C17H32N2O. The molecule has 0 aliphatic heterocycles. The van der Waals surface area contributed by atoms with Crippen LogP contribution in [0.3, 0.4) is 0 Å². The first-order chi connectivity index (χ1) is 9.65. The fourth-order valence-electron chi connectivity index (χ4n) is 5.85. The second kappa shape index (κ2) is 5.94. The van der Waals surface area contributed by atoms with Gasteiger partial charge in [0.25, 0.3) is 0 Å². The van der Waals surface area contributed by atoms with E-state index in [0.29, 0.717) is 11.5 Å². The molecule has 0 aromatic rings. The average molecular weight is 280 g/mol. The molecule has 1 atom stereocenters. The van der Waals surface area contributed by atoms with Gasteiger partial charge in [0.15, 0.2) is 0 Å². The Labute approximate surface area is 124 Å². The third-order valence-corrected chi connectivity index (χ3v) is 6.34. The summed E-state index contributed by atoms with van der Waals surface area (Å²) in [6.07, 6.45) is 9.08. The van der Waals surface area contributed by atoms with Crippen molar-refractivity contribution in [3.05, 3.63) is 0 Å². The molecule has 0 aromatic carbocycles. The highest BCUT2D eigenvalue weighted by molar-refractivity contribution is 5.06. The van der Waals surface area contributed by atoms with Gasteiger partial charge in [-0.2, -0.15) is 0 Å². The Kier molecular flexibility index (Phi) is 4.40. The summed E-state index contributed by atoms with van der Waals surface area (Å²) in [7, 11) is 6.21. The van der Waals surface area contributed by atoms with Crippen LogP contribution < -0.4 is 5.32 Å². The lowest BCUT2D eigenvalue weighted by molar-refractivity contribution is -0.0770. The highest BCUT2D eigenvalue weighted by Gasteiger charge is 2.53. The van der Waals surface area contributed by atoms with Gasteiger partial charge in [0.05, 0.1) is 6.61 Å². The van der Waals surface area contributed by atoms with Crippen molar-refractivity contribution in [1.82, 2.24) is 10.2 Å². The minimum atomic E-state index is 0.602. The highest BCUT2D eigenvalue weighted by Crippen LogP contribution is 2.61. The van der Waals surface area contributed by atoms with Gasteiger partial charge < -0.3 is 15.0 Å². The summed E-state index contributed by atoms with van der Waals surface area (Å²) >= 11 is 0. The van der Waals surface area contributed by atoms with Gasteiger partial charge in [-0.1, -0.05) is 0 Å². The highest BCUT2D eigenvalue weighted by atomic mass is 16.5. The van der Waals surface area contributed by atoms with E-state index in [-0.39, 0.29) is 0 Å². The van der Waals surface area contributed by atoms with Gasteiger partial charge in [-0.3, -0.25) is 0 Å². The van der Waals surface area contributed by atoms with Gasteiger partial charge in [-0.25, -0.2) is 0 Å². The minimum absolute atomic E-state index is 0.602. The number of rotatable bonds is 7. The Morgan fingerprint density at radius 2 is 1.70 bits per heavy atom. The van der Waals surface area contributed by atoms with Crippen LogP contribution in [0.15, 0.2) is 0 Å². The lowest BCUT2D eigenvalue weighted by Crippen LogP contribution is -2.58. The lowest BCUT2D eigenvalue weighted by atomic mass is 9.47. The van der Waals surface area contributed by atoms with Crippen LogP contribution in [-0.2, 0) is 4.74 Å². The number of methoxy groups -OCH3 is 1. The van der Waals surface area contributed by atoms with E-state index < -0.39 is 0 Å². The SMILES string of the molecule is CNC(CN(C)CCOC)C12CC3CC(CC(C3)C1)C2. The zero-order chi connectivity index (χ0) is 14.2. The molecule has 116 valence electrons. The second-order valence-corrected chi connectivity index (χ2v) is 7.88. The van der Waals surface area contributed by atoms with Gasteiger partial charge in [0.2, 0.25) is 0 Å². The molecule has 4 fully saturated rings. The first-order valence-corrected chi connectivity index (χ1v) is 8.50. The smallest absolute Gasteiger partial charge is 0.0589 e. The van der Waals surface area contributed by atoms with Gasteiger partial charge in [0, 0.05) is 26.2 Å². The summed E-state index contributed by atoms with van der Waals surface area (Å²) in [6, 6.07) is 0.665. The number of hydrogen-bond donors (Lipinski definition) is 1. The Morgan fingerprint density at radius 1 is 1.15 bits per heavy atom. The molecule has 4 bridgehead atoms. The molecular weight excluding hydrogens is 248 g/mol. The van der Waals surface area contributed by atoms with Crippen molar-refractivity contribution in [2.75, 3.05) is 40.9 Å². The van der Waals surface area contributed by atoms with Crippen molar-refractivity contribution in [3.8, 4) is 0 Å². The second-order valence-electron chi connectivity index (χ2n) is 7.88.